The summed E-state index contributed by atoms with van der Waals surface area (Å²) in [6, 6.07) is 18.4. The fraction of sp³-hybridized carbons (Fsp3) is 0. The molecular weight excluding hydrogens is 239 g/mol. The van der Waals surface area contributed by atoms with E-state index in [0.29, 0.717) is 0 Å². The molecule has 0 spiro atoms. The predicted octanol–water partition coefficient (Wildman–Crippen LogP) is 2.87. The molecule has 0 aromatic heterocycles. The number of hydrogen-bond acceptors (Lipinski definition) is 2. The van der Waals surface area contributed by atoms with Crippen molar-refractivity contribution in [2.45, 2.75) is 4.90 Å². The summed E-state index contributed by atoms with van der Waals surface area (Å²) in [5.74, 6) is 0. The van der Waals surface area contributed by atoms with E-state index in [2.05, 4.69) is 36.9 Å². The first-order valence-electron chi connectivity index (χ1n) is 4.59. The van der Waals surface area contributed by atoms with Crippen LogP contribution in [0, 0.1) is 0 Å². The Labute approximate surface area is 101 Å². The second-order valence-corrected chi connectivity index (χ2v) is 6.38. The highest BCUT2D eigenvalue weighted by atomic mass is 32.4. The van der Waals surface area contributed by atoms with Crippen molar-refractivity contribution in [2.75, 3.05) is 0 Å². The largest absolute Gasteiger partial charge is 0.250 e. The van der Waals surface area contributed by atoms with E-state index in [-0.39, 0.29) is 0 Å². The summed E-state index contributed by atoms with van der Waals surface area (Å²) >= 11 is 9.81. The van der Waals surface area contributed by atoms with Gasteiger partial charge in [-0.15, -0.1) is 12.6 Å². The maximum Gasteiger partial charge on any atom is 0.250 e. The lowest BCUT2D eigenvalue weighted by Gasteiger charge is -1.93. The zero-order valence-corrected chi connectivity index (χ0v) is 10.6. The Morgan fingerprint density at radius 3 is 1.93 bits per heavy atom. The molecule has 2 aromatic rings. The average Bonchev–Trinajstić information content (AvgIpc) is 2.30. The summed E-state index contributed by atoms with van der Waals surface area (Å²) in [7, 11) is 0. The molecule has 3 heteroatoms. The first-order valence-corrected chi connectivity index (χ1v) is 7.39. The first kappa shape index (κ1) is 10.8. The molecule has 2 aromatic carbocycles. The number of benzene rings is 2. The summed E-state index contributed by atoms with van der Waals surface area (Å²) in [6.07, 6.45) is 0. The van der Waals surface area contributed by atoms with Crippen LogP contribution in [0.1, 0.15) is 0 Å². The van der Waals surface area contributed by atoms with Gasteiger partial charge in [-0.3, -0.25) is 0 Å². The summed E-state index contributed by atoms with van der Waals surface area (Å²) < 4.78 is 0. The van der Waals surface area contributed by atoms with Crippen molar-refractivity contribution >= 4 is 41.7 Å². The van der Waals surface area contributed by atoms with Crippen molar-refractivity contribution < 1.29 is 0 Å². The van der Waals surface area contributed by atoms with Gasteiger partial charge in [0.2, 0.25) is 6.70 Å². The van der Waals surface area contributed by atoms with E-state index in [1.54, 1.807) is 0 Å². The molecule has 0 bridgehead atoms. The van der Waals surface area contributed by atoms with Gasteiger partial charge in [0.15, 0.2) is 22.4 Å². The summed E-state index contributed by atoms with van der Waals surface area (Å²) in [5, 5.41) is 2.44. The molecule has 1 unspecified atom stereocenters. The van der Waals surface area contributed by atoms with E-state index in [1.807, 2.05) is 30.3 Å². The highest BCUT2D eigenvalue weighted by molar-refractivity contribution is 8.12. The third-order valence-electron chi connectivity index (χ3n) is 2.07. The van der Waals surface area contributed by atoms with E-state index in [4.69, 9.17) is 11.8 Å². The van der Waals surface area contributed by atoms with Crippen LogP contribution >= 0.6 is 19.3 Å². The minimum absolute atomic E-state index is 0.634. The van der Waals surface area contributed by atoms with E-state index in [0.717, 1.165) is 4.90 Å². The third kappa shape index (κ3) is 2.66. The zero-order valence-electron chi connectivity index (χ0n) is 8.00. The fourth-order valence-electron chi connectivity index (χ4n) is 1.30. The zero-order chi connectivity index (χ0) is 10.7. The minimum Gasteiger partial charge on any atom is -0.143 e. The highest BCUT2D eigenvalue weighted by Crippen LogP contribution is 2.20. The van der Waals surface area contributed by atoms with Crippen LogP contribution in [0.2, 0.25) is 0 Å². The summed E-state index contributed by atoms with van der Waals surface area (Å²) in [6.45, 7) is -0.634. The Kier molecular flexibility index (Phi) is 3.53. The average molecular weight is 249 g/mol. The molecule has 15 heavy (non-hydrogen) atoms. The Hall–Kier alpha value is -0.690. The molecule has 0 amide bonds. The molecular formula is C12H10PS2+. The van der Waals surface area contributed by atoms with Crippen molar-refractivity contribution in [2.24, 2.45) is 0 Å². The molecule has 0 aliphatic carbocycles. The van der Waals surface area contributed by atoms with E-state index in [1.165, 1.54) is 10.6 Å². The van der Waals surface area contributed by atoms with Gasteiger partial charge in [0.25, 0.3) is 0 Å². The molecule has 0 aliphatic rings. The van der Waals surface area contributed by atoms with Crippen LogP contribution in [0.5, 0.6) is 0 Å². The lowest BCUT2D eigenvalue weighted by atomic mass is 10.4. The molecule has 0 aliphatic heterocycles. The molecule has 0 heterocycles. The molecule has 0 saturated carbocycles. The second kappa shape index (κ2) is 4.89. The lowest BCUT2D eigenvalue weighted by molar-refractivity contribution is 1.50. The highest BCUT2D eigenvalue weighted by Gasteiger charge is 2.16. The molecule has 2 rings (SSSR count). The van der Waals surface area contributed by atoms with Crippen LogP contribution in [0.3, 0.4) is 0 Å². The maximum atomic E-state index is 5.55. The van der Waals surface area contributed by atoms with Gasteiger partial charge in [-0.05, 0) is 36.4 Å². The van der Waals surface area contributed by atoms with Gasteiger partial charge >= 0.3 is 0 Å². The van der Waals surface area contributed by atoms with Crippen molar-refractivity contribution in [3.63, 3.8) is 0 Å². The van der Waals surface area contributed by atoms with Crippen LogP contribution < -0.4 is 10.6 Å². The van der Waals surface area contributed by atoms with Crippen molar-refractivity contribution in [3.05, 3.63) is 54.6 Å². The summed E-state index contributed by atoms with van der Waals surface area (Å²) in [5.41, 5.74) is 0. The minimum atomic E-state index is -0.634. The Balaban J connectivity index is 2.33. The number of thiol groups is 1. The van der Waals surface area contributed by atoms with E-state index in [9.17, 15) is 0 Å². The standard InChI is InChI=1S/C12H9PS2/c14-12-8-6-11(7-9-12)13(15)10-4-2-1-3-5-10/h1-9H/p+1. The second-order valence-electron chi connectivity index (χ2n) is 3.15. The SMILES string of the molecule is S=[P+](c1ccccc1)c1ccc(S)cc1. The van der Waals surface area contributed by atoms with Crippen molar-refractivity contribution in [3.8, 4) is 0 Å². The Bertz CT molecular complexity index is 463. The van der Waals surface area contributed by atoms with Gasteiger partial charge < -0.3 is 0 Å². The van der Waals surface area contributed by atoms with E-state index < -0.39 is 6.70 Å². The molecule has 0 fully saturated rings. The smallest absolute Gasteiger partial charge is 0.143 e. The van der Waals surface area contributed by atoms with Gasteiger partial charge in [-0.1, -0.05) is 18.2 Å². The quantitative estimate of drug-likeness (QED) is 0.631. The van der Waals surface area contributed by atoms with Gasteiger partial charge in [0.1, 0.15) is 0 Å². The first-order chi connectivity index (χ1) is 7.27. The molecule has 0 N–H and O–H groups in total. The summed E-state index contributed by atoms with van der Waals surface area (Å²) in [4.78, 5) is 0.977. The topological polar surface area (TPSA) is 0 Å². The third-order valence-corrected chi connectivity index (χ3v) is 5.17. The van der Waals surface area contributed by atoms with Gasteiger partial charge in [-0.2, -0.15) is 0 Å². The fourth-order valence-corrected chi connectivity index (χ4v) is 3.34. The van der Waals surface area contributed by atoms with Crippen LogP contribution in [0.4, 0.5) is 0 Å². The van der Waals surface area contributed by atoms with Crippen molar-refractivity contribution in [1.82, 2.24) is 0 Å². The Morgan fingerprint density at radius 1 is 0.800 bits per heavy atom. The lowest BCUT2D eigenvalue weighted by Crippen LogP contribution is -2.05. The van der Waals surface area contributed by atoms with E-state index >= 15 is 0 Å². The molecule has 0 saturated heterocycles. The van der Waals surface area contributed by atoms with Crippen LogP contribution in [0.25, 0.3) is 0 Å². The van der Waals surface area contributed by atoms with Crippen LogP contribution in [-0.2, 0) is 11.8 Å². The number of hydrogen-bond donors (Lipinski definition) is 1. The Morgan fingerprint density at radius 2 is 1.33 bits per heavy atom. The predicted molar refractivity (Wildman–Crippen MR) is 73.7 cm³/mol. The van der Waals surface area contributed by atoms with Crippen molar-refractivity contribution in [1.29, 1.82) is 0 Å². The molecule has 74 valence electrons. The maximum absolute atomic E-state index is 5.55. The van der Waals surface area contributed by atoms with Gasteiger partial charge in [0.05, 0.1) is 0 Å². The molecule has 0 nitrogen and oxygen atoms in total. The van der Waals surface area contributed by atoms with Crippen LogP contribution in [-0.4, -0.2) is 0 Å². The monoisotopic (exact) mass is 249 g/mol. The van der Waals surface area contributed by atoms with Crippen LogP contribution in [0.15, 0.2) is 59.5 Å². The molecule has 0 radical (unpaired) electrons. The normalized spacial score (nSPS) is 11.1. The van der Waals surface area contributed by atoms with Gasteiger partial charge in [-0.25, -0.2) is 0 Å². The number of rotatable bonds is 2. The molecule has 1 atom stereocenters. The van der Waals surface area contributed by atoms with Gasteiger partial charge in [0, 0.05) is 4.90 Å².